The van der Waals surface area contributed by atoms with Crippen molar-refractivity contribution in [3.05, 3.63) is 70.4 Å². The van der Waals surface area contributed by atoms with Crippen molar-refractivity contribution in [2.24, 2.45) is 4.99 Å². The summed E-state index contributed by atoms with van der Waals surface area (Å²) in [5.74, 6) is -4.20. The number of pyridine rings is 1. The van der Waals surface area contributed by atoms with Crippen LogP contribution in [0.15, 0.2) is 46.7 Å². The van der Waals surface area contributed by atoms with Crippen molar-refractivity contribution in [2.45, 2.75) is 19.1 Å². The maximum atomic E-state index is 14.6. The van der Waals surface area contributed by atoms with Crippen LogP contribution in [0, 0.1) is 17.5 Å². The lowest BCUT2D eigenvalue weighted by molar-refractivity contribution is -0.136. The van der Waals surface area contributed by atoms with E-state index in [1.54, 1.807) is 11.8 Å². The SMILES string of the molecule is COC(=O)C1=C(CN(CCO)CC(C)O)NC(c2ncc(F)cc2F)=N[C@H]1c1ccc(F)cc1O. The molecular weight excluding hydrogens is 469 g/mol. The second-order valence-corrected chi connectivity index (χ2v) is 7.88. The molecular formula is C23H25F3N4O5. The molecule has 0 saturated heterocycles. The molecule has 2 aromatic rings. The van der Waals surface area contributed by atoms with Crippen molar-refractivity contribution in [1.82, 2.24) is 15.2 Å². The molecule has 188 valence electrons. The third-order valence-electron chi connectivity index (χ3n) is 5.17. The molecule has 9 nitrogen and oxygen atoms in total. The summed E-state index contributed by atoms with van der Waals surface area (Å²) in [6, 6.07) is 2.45. The van der Waals surface area contributed by atoms with Crippen LogP contribution in [-0.4, -0.2) is 76.5 Å². The Morgan fingerprint density at radius 3 is 2.60 bits per heavy atom. The van der Waals surface area contributed by atoms with Crippen molar-refractivity contribution in [3.8, 4) is 5.75 Å². The lowest BCUT2D eigenvalue weighted by Crippen LogP contribution is -2.42. The van der Waals surface area contributed by atoms with E-state index in [0.29, 0.717) is 6.07 Å². The fourth-order valence-corrected chi connectivity index (χ4v) is 3.73. The van der Waals surface area contributed by atoms with Gasteiger partial charge in [-0.2, -0.15) is 0 Å². The van der Waals surface area contributed by atoms with E-state index in [2.05, 4.69) is 15.3 Å². The number of nitrogens with zero attached hydrogens (tertiary/aromatic N) is 3. The molecule has 4 N–H and O–H groups in total. The van der Waals surface area contributed by atoms with Gasteiger partial charge in [0.25, 0.3) is 0 Å². The monoisotopic (exact) mass is 494 g/mol. The summed E-state index contributed by atoms with van der Waals surface area (Å²) in [5.41, 5.74) is -0.261. The number of phenols is 1. The zero-order valence-electron chi connectivity index (χ0n) is 19.0. The molecule has 12 heteroatoms. The van der Waals surface area contributed by atoms with E-state index in [-0.39, 0.29) is 54.6 Å². The summed E-state index contributed by atoms with van der Waals surface area (Å²) in [6.45, 7) is 1.45. The van der Waals surface area contributed by atoms with E-state index >= 15 is 0 Å². The van der Waals surface area contributed by atoms with Gasteiger partial charge in [0, 0.05) is 43.0 Å². The lowest BCUT2D eigenvalue weighted by Gasteiger charge is -2.31. The number of methoxy groups -OCH3 is 1. The molecule has 1 unspecified atom stereocenters. The van der Waals surface area contributed by atoms with Gasteiger partial charge in [-0.05, 0) is 19.1 Å². The van der Waals surface area contributed by atoms with Gasteiger partial charge in [-0.15, -0.1) is 0 Å². The number of aromatic nitrogens is 1. The van der Waals surface area contributed by atoms with Crippen molar-refractivity contribution in [1.29, 1.82) is 0 Å². The van der Waals surface area contributed by atoms with E-state index in [4.69, 9.17) is 4.74 Å². The predicted octanol–water partition coefficient (Wildman–Crippen LogP) is 1.40. The first-order valence-corrected chi connectivity index (χ1v) is 10.6. The zero-order valence-corrected chi connectivity index (χ0v) is 19.0. The molecule has 2 atom stereocenters. The summed E-state index contributed by atoms with van der Waals surface area (Å²) in [4.78, 5) is 22.6. The Balaban J connectivity index is 2.20. The third kappa shape index (κ3) is 6.15. The van der Waals surface area contributed by atoms with Gasteiger partial charge < -0.3 is 25.4 Å². The molecule has 1 aliphatic rings. The van der Waals surface area contributed by atoms with Crippen LogP contribution in [0.2, 0.25) is 0 Å². The Kier molecular flexibility index (Phi) is 8.43. The van der Waals surface area contributed by atoms with Crippen LogP contribution in [0.4, 0.5) is 13.2 Å². The fourth-order valence-electron chi connectivity index (χ4n) is 3.73. The lowest BCUT2D eigenvalue weighted by atomic mass is 9.94. The number of aromatic hydroxyl groups is 1. The summed E-state index contributed by atoms with van der Waals surface area (Å²) in [7, 11) is 1.14. The standard InChI is InChI=1S/C23H25F3N4O5/c1-12(32)10-30(5-6-31)11-17-19(23(34)35-2)20(15-4-3-13(24)8-18(15)33)29-22(28-17)21-16(26)7-14(25)9-27-21/h3-4,7-9,12,20,31-33H,5-6,10-11H2,1-2H3,(H,28,29)/t12?,20-/m0/s1. The Morgan fingerprint density at radius 2 is 2.00 bits per heavy atom. The number of phenolic OH excluding ortho intramolecular Hbond substituents is 1. The number of carbonyl (C=O) groups is 1. The van der Waals surface area contributed by atoms with Crippen LogP contribution >= 0.6 is 0 Å². The predicted molar refractivity (Wildman–Crippen MR) is 119 cm³/mol. The highest BCUT2D eigenvalue weighted by Gasteiger charge is 2.35. The quantitative estimate of drug-likeness (QED) is 0.386. The Labute approximate surface area is 199 Å². The fraction of sp³-hybridized carbons (Fsp3) is 0.348. The largest absolute Gasteiger partial charge is 0.507 e. The smallest absolute Gasteiger partial charge is 0.338 e. The highest BCUT2D eigenvalue weighted by Crippen LogP contribution is 2.37. The normalized spacial score (nSPS) is 16.7. The van der Waals surface area contributed by atoms with Crippen LogP contribution in [0.1, 0.15) is 24.2 Å². The van der Waals surface area contributed by atoms with E-state index in [1.165, 1.54) is 6.07 Å². The van der Waals surface area contributed by atoms with Gasteiger partial charge in [-0.25, -0.2) is 22.9 Å². The average molecular weight is 494 g/mol. The van der Waals surface area contributed by atoms with Crippen LogP contribution < -0.4 is 5.32 Å². The van der Waals surface area contributed by atoms with Crippen LogP contribution in [-0.2, 0) is 9.53 Å². The molecule has 0 fully saturated rings. The molecule has 3 rings (SSSR count). The Bertz CT molecular complexity index is 1160. The van der Waals surface area contributed by atoms with Gasteiger partial charge in [0.1, 0.15) is 29.1 Å². The Hall–Kier alpha value is -3.48. The number of hydrogen-bond donors (Lipinski definition) is 4. The number of benzene rings is 1. The molecule has 2 heterocycles. The first-order valence-electron chi connectivity index (χ1n) is 10.6. The molecule has 1 aromatic heterocycles. The van der Waals surface area contributed by atoms with Crippen molar-refractivity contribution >= 4 is 11.8 Å². The number of esters is 1. The topological polar surface area (TPSA) is 128 Å². The molecule has 0 bridgehead atoms. The Morgan fingerprint density at radius 1 is 1.26 bits per heavy atom. The highest BCUT2D eigenvalue weighted by molar-refractivity contribution is 6.02. The molecule has 1 aromatic carbocycles. The maximum Gasteiger partial charge on any atom is 0.338 e. The molecule has 35 heavy (non-hydrogen) atoms. The molecule has 0 aliphatic carbocycles. The number of nitrogens with one attached hydrogen (secondary N) is 1. The van der Waals surface area contributed by atoms with Crippen LogP contribution in [0.3, 0.4) is 0 Å². The van der Waals surface area contributed by atoms with E-state index in [1.807, 2.05) is 0 Å². The average Bonchev–Trinajstić information content (AvgIpc) is 2.78. The van der Waals surface area contributed by atoms with Crippen LogP contribution in [0.25, 0.3) is 0 Å². The number of amidine groups is 1. The number of carbonyl (C=O) groups excluding carboxylic acids is 1. The minimum Gasteiger partial charge on any atom is -0.507 e. The van der Waals surface area contributed by atoms with Crippen molar-refractivity contribution in [2.75, 3.05) is 33.4 Å². The minimum absolute atomic E-state index is 0.0232. The second kappa shape index (κ2) is 11.3. The molecule has 1 aliphatic heterocycles. The van der Waals surface area contributed by atoms with Gasteiger partial charge in [-0.3, -0.25) is 9.89 Å². The summed E-state index contributed by atoms with van der Waals surface area (Å²) >= 11 is 0. The first-order chi connectivity index (χ1) is 16.6. The number of aliphatic hydroxyl groups excluding tert-OH is 2. The van der Waals surface area contributed by atoms with E-state index in [9.17, 15) is 33.3 Å². The third-order valence-corrected chi connectivity index (χ3v) is 5.17. The number of aliphatic hydroxyl groups is 2. The van der Waals surface area contributed by atoms with Crippen LogP contribution in [0.5, 0.6) is 5.75 Å². The van der Waals surface area contributed by atoms with Gasteiger partial charge >= 0.3 is 5.97 Å². The number of aliphatic imine (C=N–C) groups is 1. The van der Waals surface area contributed by atoms with Gasteiger partial charge in [0.05, 0.1) is 31.6 Å². The molecule has 0 spiro atoms. The molecule has 0 amide bonds. The van der Waals surface area contributed by atoms with E-state index < -0.39 is 41.3 Å². The van der Waals surface area contributed by atoms with Crippen molar-refractivity contribution < 1.29 is 38.0 Å². The summed E-state index contributed by atoms with van der Waals surface area (Å²) in [6.07, 6.45) is 0.00569. The maximum absolute atomic E-state index is 14.6. The minimum atomic E-state index is -1.27. The molecule has 0 radical (unpaired) electrons. The number of rotatable bonds is 9. The molecule has 0 saturated carbocycles. The second-order valence-electron chi connectivity index (χ2n) is 7.88. The zero-order chi connectivity index (χ0) is 25.7. The number of ether oxygens (including phenoxy) is 1. The van der Waals surface area contributed by atoms with E-state index in [0.717, 1.165) is 25.4 Å². The first kappa shape index (κ1) is 26.1. The summed E-state index contributed by atoms with van der Waals surface area (Å²) in [5, 5.41) is 32.5. The highest BCUT2D eigenvalue weighted by atomic mass is 19.1. The number of halogens is 3. The van der Waals surface area contributed by atoms with Crippen molar-refractivity contribution in [3.63, 3.8) is 0 Å². The van der Waals surface area contributed by atoms with Gasteiger partial charge in [0.15, 0.2) is 11.7 Å². The van der Waals surface area contributed by atoms with Gasteiger partial charge in [0.2, 0.25) is 0 Å². The summed E-state index contributed by atoms with van der Waals surface area (Å²) < 4.78 is 46.6. The number of hydrogen-bond acceptors (Lipinski definition) is 9. The van der Waals surface area contributed by atoms with Gasteiger partial charge in [-0.1, -0.05) is 0 Å².